The molecular formula is C20H42NO4Si. The van der Waals surface area contributed by atoms with E-state index >= 15 is 0 Å². The number of hydrogen-bond acceptors (Lipinski definition) is 4. The van der Waals surface area contributed by atoms with Crippen LogP contribution >= 0.6 is 0 Å². The summed E-state index contributed by atoms with van der Waals surface area (Å²) in [5.41, 5.74) is -0.0189. The van der Waals surface area contributed by atoms with E-state index < -0.39 is 8.80 Å². The molecule has 0 aromatic rings. The predicted molar refractivity (Wildman–Crippen MR) is 110 cm³/mol. The van der Waals surface area contributed by atoms with Crippen LogP contribution in [0.1, 0.15) is 78.6 Å². The van der Waals surface area contributed by atoms with Crippen molar-refractivity contribution in [3.05, 3.63) is 6.42 Å². The average Bonchev–Trinajstić information content (AvgIpc) is 2.64. The normalized spacial score (nSPS) is 12.4. The van der Waals surface area contributed by atoms with E-state index in [1.807, 2.05) is 0 Å². The lowest BCUT2D eigenvalue weighted by Crippen LogP contribution is -2.44. The molecule has 0 spiro atoms. The zero-order chi connectivity index (χ0) is 19.9. The van der Waals surface area contributed by atoms with Crippen LogP contribution in [0.3, 0.4) is 0 Å². The van der Waals surface area contributed by atoms with Gasteiger partial charge in [-0.25, -0.2) is 0 Å². The largest absolute Gasteiger partial charge is 0.500 e. The van der Waals surface area contributed by atoms with Gasteiger partial charge in [0.25, 0.3) is 0 Å². The highest BCUT2D eigenvalue weighted by molar-refractivity contribution is 6.60. The molecule has 1 N–H and O–H groups in total. The number of unbranched alkanes of at least 4 members (excludes halogenated alkanes) is 7. The minimum Gasteiger partial charge on any atom is -0.377 e. The van der Waals surface area contributed by atoms with E-state index in [9.17, 15) is 4.79 Å². The topological polar surface area (TPSA) is 56.8 Å². The van der Waals surface area contributed by atoms with Crippen molar-refractivity contribution in [3.63, 3.8) is 0 Å². The molecule has 0 unspecified atom stereocenters. The van der Waals surface area contributed by atoms with Crippen molar-refractivity contribution in [2.75, 3.05) is 27.9 Å². The Balaban J connectivity index is 3.88. The monoisotopic (exact) mass is 388 g/mol. The predicted octanol–water partition coefficient (Wildman–Crippen LogP) is 4.74. The number of hydrogen-bond donors (Lipinski definition) is 1. The fraction of sp³-hybridized carbons (Fsp3) is 0.900. The minimum atomic E-state index is -2.54. The molecule has 0 saturated heterocycles. The van der Waals surface area contributed by atoms with Crippen molar-refractivity contribution in [2.45, 2.75) is 84.6 Å². The van der Waals surface area contributed by atoms with Gasteiger partial charge in [0.1, 0.15) is 0 Å². The molecule has 0 fully saturated rings. The molecule has 0 rings (SSSR count). The molecule has 6 heteroatoms. The molecule has 0 bridgehead atoms. The first-order valence-electron chi connectivity index (χ1n) is 10.1. The lowest BCUT2D eigenvalue weighted by molar-refractivity contribution is -0.121. The highest BCUT2D eigenvalue weighted by Gasteiger charge is 2.39. The van der Waals surface area contributed by atoms with Crippen molar-refractivity contribution in [1.82, 2.24) is 5.32 Å². The van der Waals surface area contributed by atoms with Gasteiger partial charge in [0.15, 0.2) is 0 Å². The molecule has 0 aromatic carbocycles. The molecule has 0 saturated carbocycles. The van der Waals surface area contributed by atoms with E-state index in [0.717, 1.165) is 25.3 Å². The molecule has 5 nitrogen and oxygen atoms in total. The van der Waals surface area contributed by atoms with Gasteiger partial charge in [-0.2, -0.15) is 0 Å². The zero-order valence-electron chi connectivity index (χ0n) is 18.0. The highest BCUT2D eigenvalue weighted by Crippen LogP contribution is 2.27. The standard InChI is InChI=1S/C20H42NO4Si/c1-7-8-9-10-11-12-13-14-15-19(22)21-18-20(2,3)16-17-26(23-4,24-5)25-6/h12H,7-11,13-18H2,1-6H3,(H,21,22). The van der Waals surface area contributed by atoms with Gasteiger partial charge in [-0.3, -0.25) is 4.79 Å². The second-order valence-electron chi connectivity index (χ2n) is 7.77. The highest BCUT2D eigenvalue weighted by atomic mass is 28.4. The zero-order valence-corrected chi connectivity index (χ0v) is 19.0. The fourth-order valence-electron chi connectivity index (χ4n) is 2.83. The van der Waals surface area contributed by atoms with E-state index in [0.29, 0.717) is 13.0 Å². The van der Waals surface area contributed by atoms with Crippen LogP contribution in [0.5, 0.6) is 0 Å². The van der Waals surface area contributed by atoms with E-state index in [1.165, 1.54) is 32.1 Å². The molecular weight excluding hydrogens is 346 g/mol. The summed E-state index contributed by atoms with van der Waals surface area (Å²) in [6.07, 6.45) is 12.2. The number of carbonyl (C=O) groups is 1. The SMILES string of the molecule is CCCCCC[CH]CCCC(=O)NCC(C)(C)CC[Si](OC)(OC)OC. The number of amides is 1. The minimum absolute atomic E-state index is 0.0189. The van der Waals surface area contributed by atoms with Gasteiger partial charge in [0, 0.05) is 40.3 Å². The van der Waals surface area contributed by atoms with Crippen LogP contribution in [-0.4, -0.2) is 42.6 Å². The molecule has 0 heterocycles. The van der Waals surface area contributed by atoms with Gasteiger partial charge < -0.3 is 18.6 Å². The summed E-state index contributed by atoms with van der Waals surface area (Å²) < 4.78 is 16.4. The van der Waals surface area contributed by atoms with E-state index in [1.54, 1.807) is 21.3 Å². The van der Waals surface area contributed by atoms with Gasteiger partial charge in [-0.05, 0) is 31.1 Å². The summed E-state index contributed by atoms with van der Waals surface area (Å²) in [7, 11) is 2.36. The summed E-state index contributed by atoms with van der Waals surface area (Å²) in [5.74, 6) is 0.145. The van der Waals surface area contributed by atoms with Crippen LogP contribution in [0.25, 0.3) is 0 Å². The van der Waals surface area contributed by atoms with Gasteiger partial charge in [-0.15, -0.1) is 0 Å². The number of rotatable bonds is 17. The third kappa shape index (κ3) is 12.0. The van der Waals surface area contributed by atoms with Crippen LogP contribution in [0.4, 0.5) is 0 Å². The van der Waals surface area contributed by atoms with Crippen LogP contribution in [0.2, 0.25) is 6.04 Å². The lowest BCUT2D eigenvalue weighted by Gasteiger charge is -2.30. The Kier molecular flexibility index (Phi) is 14.4. The Labute approximate surface area is 162 Å². The molecule has 155 valence electrons. The molecule has 0 aliphatic heterocycles. The third-order valence-corrected chi connectivity index (χ3v) is 7.61. The maximum Gasteiger partial charge on any atom is 0.500 e. The van der Waals surface area contributed by atoms with Crippen molar-refractivity contribution in [2.24, 2.45) is 5.41 Å². The Hall–Kier alpha value is -0.433. The van der Waals surface area contributed by atoms with Crippen LogP contribution in [-0.2, 0) is 18.1 Å². The van der Waals surface area contributed by atoms with Gasteiger partial charge >= 0.3 is 8.80 Å². The average molecular weight is 389 g/mol. The van der Waals surface area contributed by atoms with Crippen molar-refractivity contribution in [3.8, 4) is 0 Å². The first-order valence-corrected chi connectivity index (χ1v) is 12.0. The summed E-state index contributed by atoms with van der Waals surface area (Å²) >= 11 is 0. The molecule has 0 aromatic heterocycles. The number of carbonyl (C=O) groups excluding carboxylic acids is 1. The maximum atomic E-state index is 12.0. The molecule has 1 amide bonds. The molecule has 0 aliphatic carbocycles. The van der Waals surface area contributed by atoms with Crippen molar-refractivity contribution < 1.29 is 18.1 Å². The molecule has 0 aliphatic rings. The summed E-state index contributed by atoms with van der Waals surface area (Å²) in [6, 6.07) is 0.742. The van der Waals surface area contributed by atoms with Crippen molar-refractivity contribution >= 4 is 14.7 Å². The Bertz CT molecular complexity index is 351. The van der Waals surface area contributed by atoms with Crippen molar-refractivity contribution in [1.29, 1.82) is 0 Å². The first kappa shape index (κ1) is 25.6. The maximum absolute atomic E-state index is 12.0. The van der Waals surface area contributed by atoms with Crippen LogP contribution < -0.4 is 5.32 Å². The summed E-state index contributed by atoms with van der Waals surface area (Å²) in [6.45, 7) is 7.19. The molecule has 0 atom stereocenters. The number of nitrogens with one attached hydrogen (secondary N) is 1. The quantitative estimate of drug-likeness (QED) is 0.289. The molecule has 1 radical (unpaired) electrons. The summed E-state index contributed by atoms with van der Waals surface area (Å²) in [5, 5.41) is 3.07. The fourth-order valence-corrected chi connectivity index (χ4v) is 4.92. The molecule has 26 heavy (non-hydrogen) atoms. The Morgan fingerprint density at radius 1 is 1.00 bits per heavy atom. The lowest BCUT2D eigenvalue weighted by atomic mass is 9.90. The first-order chi connectivity index (χ1) is 12.3. The summed E-state index contributed by atoms with van der Waals surface area (Å²) in [4.78, 5) is 12.0. The van der Waals surface area contributed by atoms with Crippen LogP contribution in [0.15, 0.2) is 0 Å². The van der Waals surface area contributed by atoms with E-state index in [4.69, 9.17) is 13.3 Å². The van der Waals surface area contributed by atoms with Gasteiger partial charge in [0.2, 0.25) is 5.91 Å². The third-order valence-electron chi connectivity index (χ3n) is 4.88. The Morgan fingerprint density at radius 3 is 2.19 bits per heavy atom. The smallest absolute Gasteiger partial charge is 0.377 e. The second-order valence-corrected chi connectivity index (χ2v) is 10.9. The van der Waals surface area contributed by atoms with E-state index in [-0.39, 0.29) is 11.3 Å². The van der Waals surface area contributed by atoms with Crippen LogP contribution in [0, 0.1) is 11.8 Å². The van der Waals surface area contributed by atoms with Gasteiger partial charge in [-0.1, -0.05) is 52.9 Å². The second kappa shape index (κ2) is 14.6. The van der Waals surface area contributed by atoms with E-state index in [2.05, 4.69) is 32.5 Å². The Morgan fingerprint density at radius 2 is 1.62 bits per heavy atom. The van der Waals surface area contributed by atoms with Gasteiger partial charge in [0.05, 0.1) is 0 Å².